The smallest absolute Gasteiger partial charge is 0.340 e. The number of fused-ring (bicyclic) bond motifs is 1. The molecule has 112 valence electrons. The summed E-state index contributed by atoms with van der Waals surface area (Å²) in [6, 6.07) is 15.4. The number of aromatic nitrogens is 1. The molecule has 3 rings (SSSR count). The van der Waals surface area contributed by atoms with E-state index in [-0.39, 0.29) is 5.97 Å². The summed E-state index contributed by atoms with van der Waals surface area (Å²) in [5.41, 5.74) is 3.13. The van der Waals surface area contributed by atoms with Gasteiger partial charge in [0.2, 0.25) is 0 Å². The maximum atomic E-state index is 12.4. The summed E-state index contributed by atoms with van der Waals surface area (Å²) in [7, 11) is 1.61. The minimum atomic E-state index is -0.333. The quantitative estimate of drug-likeness (QED) is 0.740. The summed E-state index contributed by atoms with van der Waals surface area (Å²) in [5.74, 6) is 0.373. The largest absolute Gasteiger partial charge is 0.497 e. The van der Waals surface area contributed by atoms with Crippen LogP contribution < -0.4 is 4.74 Å². The molecule has 0 saturated carbocycles. The van der Waals surface area contributed by atoms with Crippen molar-refractivity contribution in [1.82, 2.24) is 4.98 Å². The minimum absolute atomic E-state index is 0.333. The molecule has 0 aliphatic carbocycles. The predicted octanol–water partition coefficient (Wildman–Crippen LogP) is 4.02. The van der Waals surface area contributed by atoms with E-state index in [2.05, 4.69) is 4.98 Å². The van der Waals surface area contributed by atoms with Crippen LogP contribution in [0.2, 0.25) is 0 Å². The standard InChI is InChI=1S/C18H17NO3/c1-3-22-18(20)16-14-11-13(21-2)9-10-15(14)19-17(16)12-7-5-4-6-8-12/h4-11,19H,3H2,1-2H3. The number of carbonyl (C=O) groups is 1. The predicted molar refractivity (Wildman–Crippen MR) is 86.2 cm³/mol. The molecule has 4 heteroatoms. The van der Waals surface area contributed by atoms with E-state index in [1.165, 1.54) is 0 Å². The lowest BCUT2D eigenvalue weighted by atomic mass is 10.1. The average Bonchev–Trinajstić information content (AvgIpc) is 2.94. The van der Waals surface area contributed by atoms with Gasteiger partial charge in [0.05, 0.1) is 25.0 Å². The Morgan fingerprint density at radius 1 is 1.14 bits per heavy atom. The zero-order valence-corrected chi connectivity index (χ0v) is 12.6. The highest BCUT2D eigenvalue weighted by Gasteiger charge is 2.21. The Bertz CT molecular complexity index is 806. The fourth-order valence-corrected chi connectivity index (χ4v) is 2.53. The van der Waals surface area contributed by atoms with Crippen molar-refractivity contribution in [1.29, 1.82) is 0 Å². The molecule has 0 aliphatic heterocycles. The van der Waals surface area contributed by atoms with Crippen LogP contribution in [-0.2, 0) is 4.74 Å². The van der Waals surface area contributed by atoms with E-state index < -0.39 is 0 Å². The molecule has 4 nitrogen and oxygen atoms in total. The molecule has 1 aromatic heterocycles. The van der Waals surface area contributed by atoms with Crippen molar-refractivity contribution in [3.63, 3.8) is 0 Å². The molecule has 1 heterocycles. The Labute approximate surface area is 128 Å². The molecular formula is C18H17NO3. The summed E-state index contributed by atoms with van der Waals surface area (Å²) in [6.07, 6.45) is 0. The van der Waals surface area contributed by atoms with Gasteiger partial charge < -0.3 is 14.5 Å². The second kappa shape index (κ2) is 5.93. The van der Waals surface area contributed by atoms with E-state index in [9.17, 15) is 4.79 Å². The van der Waals surface area contributed by atoms with Crippen molar-refractivity contribution in [3.05, 3.63) is 54.1 Å². The summed E-state index contributed by atoms with van der Waals surface area (Å²) < 4.78 is 10.5. The fourth-order valence-electron chi connectivity index (χ4n) is 2.53. The Hall–Kier alpha value is -2.75. The van der Waals surface area contributed by atoms with Gasteiger partial charge in [0.25, 0.3) is 0 Å². The fraction of sp³-hybridized carbons (Fsp3) is 0.167. The third kappa shape index (κ3) is 2.44. The van der Waals surface area contributed by atoms with E-state index >= 15 is 0 Å². The number of H-pyrrole nitrogens is 1. The Morgan fingerprint density at radius 2 is 1.91 bits per heavy atom. The number of nitrogens with one attached hydrogen (secondary N) is 1. The lowest BCUT2D eigenvalue weighted by molar-refractivity contribution is 0.0529. The molecule has 0 bridgehead atoms. The molecule has 0 spiro atoms. The number of esters is 1. The number of rotatable bonds is 4. The molecule has 3 aromatic rings. The van der Waals surface area contributed by atoms with Crippen LogP contribution in [-0.4, -0.2) is 24.7 Å². The number of hydrogen-bond donors (Lipinski definition) is 1. The van der Waals surface area contributed by atoms with Crippen LogP contribution in [0.1, 0.15) is 17.3 Å². The zero-order valence-electron chi connectivity index (χ0n) is 12.6. The number of aromatic amines is 1. The summed E-state index contributed by atoms with van der Waals surface area (Å²) in [5, 5.41) is 0.802. The number of ether oxygens (including phenoxy) is 2. The second-order valence-electron chi connectivity index (χ2n) is 4.87. The average molecular weight is 295 g/mol. The van der Waals surface area contributed by atoms with E-state index in [1.807, 2.05) is 48.5 Å². The number of hydrogen-bond acceptors (Lipinski definition) is 3. The second-order valence-corrected chi connectivity index (χ2v) is 4.87. The molecule has 0 saturated heterocycles. The van der Waals surface area contributed by atoms with Crippen LogP contribution in [0, 0.1) is 0 Å². The molecule has 0 fully saturated rings. The molecule has 0 aliphatic rings. The van der Waals surface area contributed by atoms with Crippen LogP contribution >= 0.6 is 0 Å². The Balaban J connectivity index is 2.26. The van der Waals surface area contributed by atoms with Gasteiger partial charge in [-0.25, -0.2) is 4.79 Å². The van der Waals surface area contributed by atoms with Crippen molar-refractivity contribution >= 4 is 16.9 Å². The van der Waals surface area contributed by atoms with Crippen molar-refractivity contribution in [3.8, 4) is 17.0 Å². The Kier molecular flexibility index (Phi) is 3.83. The van der Waals surface area contributed by atoms with Crippen LogP contribution in [0.15, 0.2) is 48.5 Å². The van der Waals surface area contributed by atoms with Crippen LogP contribution in [0.5, 0.6) is 5.75 Å². The molecule has 2 aromatic carbocycles. The monoisotopic (exact) mass is 295 g/mol. The Morgan fingerprint density at radius 3 is 2.59 bits per heavy atom. The van der Waals surface area contributed by atoms with Gasteiger partial charge in [-0.2, -0.15) is 0 Å². The van der Waals surface area contributed by atoms with Gasteiger partial charge in [-0.1, -0.05) is 30.3 Å². The van der Waals surface area contributed by atoms with E-state index in [0.717, 1.165) is 22.2 Å². The first-order valence-electron chi connectivity index (χ1n) is 7.17. The SMILES string of the molecule is CCOC(=O)c1c(-c2ccccc2)[nH]c2ccc(OC)cc12. The first-order chi connectivity index (χ1) is 10.7. The minimum Gasteiger partial charge on any atom is -0.497 e. The molecule has 0 atom stereocenters. The number of methoxy groups -OCH3 is 1. The summed E-state index contributed by atoms with van der Waals surface area (Å²) in [4.78, 5) is 15.7. The summed E-state index contributed by atoms with van der Waals surface area (Å²) >= 11 is 0. The molecule has 0 unspecified atom stereocenters. The van der Waals surface area contributed by atoms with Crippen molar-refractivity contribution < 1.29 is 14.3 Å². The maximum absolute atomic E-state index is 12.4. The summed E-state index contributed by atoms with van der Waals surface area (Å²) in [6.45, 7) is 2.14. The van der Waals surface area contributed by atoms with Crippen LogP contribution in [0.3, 0.4) is 0 Å². The number of benzene rings is 2. The van der Waals surface area contributed by atoms with Crippen molar-refractivity contribution in [2.45, 2.75) is 6.92 Å². The lowest BCUT2D eigenvalue weighted by Crippen LogP contribution is -2.05. The van der Waals surface area contributed by atoms with Gasteiger partial charge in [-0.05, 0) is 30.7 Å². The lowest BCUT2D eigenvalue weighted by Gasteiger charge is -2.05. The van der Waals surface area contributed by atoms with Gasteiger partial charge in [0.1, 0.15) is 5.75 Å². The normalized spacial score (nSPS) is 10.6. The van der Waals surface area contributed by atoms with Crippen LogP contribution in [0.4, 0.5) is 0 Å². The molecule has 0 radical (unpaired) electrons. The van der Waals surface area contributed by atoms with Gasteiger partial charge in [-0.3, -0.25) is 0 Å². The molecule has 0 amide bonds. The van der Waals surface area contributed by atoms with E-state index in [0.29, 0.717) is 17.9 Å². The first kappa shape index (κ1) is 14.2. The highest BCUT2D eigenvalue weighted by atomic mass is 16.5. The highest BCUT2D eigenvalue weighted by molar-refractivity contribution is 6.10. The maximum Gasteiger partial charge on any atom is 0.340 e. The topological polar surface area (TPSA) is 51.3 Å². The third-order valence-corrected chi connectivity index (χ3v) is 3.55. The molecule has 1 N–H and O–H groups in total. The van der Waals surface area contributed by atoms with Gasteiger partial charge >= 0.3 is 5.97 Å². The van der Waals surface area contributed by atoms with Crippen molar-refractivity contribution in [2.24, 2.45) is 0 Å². The van der Waals surface area contributed by atoms with Crippen molar-refractivity contribution in [2.75, 3.05) is 13.7 Å². The van der Waals surface area contributed by atoms with Gasteiger partial charge in [0.15, 0.2) is 0 Å². The van der Waals surface area contributed by atoms with Gasteiger partial charge in [0, 0.05) is 10.9 Å². The molecular weight excluding hydrogens is 278 g/mol. The first-order valence-corrected chi connectivity index (χ1v) is 7.17. The number of carbonyl (C=O) groups excluding carboxylic acids is 1. The van der Waals surface area contributed by atoms with E-state index in [1.54, 1.807) is 14.0 Å². The van der Waals surface area contributed by atoms with E-state index in [4.69, 9.17) is 9.47 Å². The van der Waals surface area contributed by atoms with Crippen LogP contribution in [0.25, 0.3) is 22.2 Å². The highest BCUT2D eigenvalue weighted by Crippen LogP contribution is 2.33. The van der Waals surface area contributed by atoms with Gasteiger partial charge in [-0.15, -0.1) is 0 Å². The third-order valence-electron chi connectivity index (χ3n) is 3.55. The zero-order chi connectivity index (χ0) is 15.5. The molecule has 22 heavy (non-hydrogen) atoms.